The number of anilines is 1. The Morgan fingerprint density at radius 1 is 1.33 bits per heavy atom. The molecule has 0 fully saturated rings. The number of nitrogens with one attached hydrogen (secondary N) is 1. The highest BCUT2D eigenvalue weighted by Gasteiger charge is 2.14. The number of carbonyl (C=O) groups is 1. The molecule has 0 spiro atoms. The highest BCUT2D eigenvalue weighted by atomic mass is 16.2. The van der Waals surface area contributed by atoms with Crippen LogP contribution in [0.2, 0.25) is 0 Å². The van der Waals surface area contributed by atoms with Crippen LogP contribution in [0, 0.1) is 0 Å². The van der Waals surface area contributed by atoms with E-state index in [-0.39, 0.29) is 11.8 Å². The topological polar surface area (TPSA) is 75.9 Å². The van der Waals surface area contributed by atoms with Gasteiger partial charge in [-0.2, -0.15) is 5.10 Å². The van der Waals surface area contributed by atoms with Gasteiger partial charge in [0.1, 0.15) is 11.6 Å². The molecule has 1 amide bonds. The fraction of sp³-hybridized carbons (Fsp3) is 0.429. The summed E-state index contributed by atoms with van der Waals surface area (Å²) >= 11 is 0. The molecule has 0 saturated heterocycles. The maximum atomic E-state index is 11.9. The van der Waals surface area contributed by atoms with Crippen molar-refractivity contribution < 1.29 is 4.79 Å². The van der Waals surface area contributed by atoms with Gasteiger partial charge in [-0.1, -0.05) is 13.8 Å². The quantitative estimate of drug-likeness (QED) is 0.923. The Hall–Kier alpha value is -2.44. The van der Waals surface area contributed by atoms with Gasteiger partial charge in [0.2, 0.25) is 0 Å². The van der Waals surface area contributed by atoms with E-state index in [9.17, 15) is 4.79 Å². The van der Waals surface area contributed by atoms with E-state index in [2.05, 4.69) is 20.4 Å². The minimum absolute atomic E-state index is 0.138. The van der Waals surface area contributed by atoms with Crippen molar-refractivity contribution in [2.24, 2.45) is 0 Å². The summed E-state index contributed by atoms with van der Waals surface area (Å²) in [6.45, 7) is 4.06. The normalized spacial score (nSPS) is 10.8. The third kappa shape index (κ3) is 3.18. The van der Waals surface area contributed by atoms with Gasteiger partial charge >= 0.3 is 0 Å². The summed E-state index contributed by atoms with van der Waals surface area (Å²) in [6, 6.07) is 3.47. The lowest BCUT2D eigenvalue weighted by molar-refractivity contribution is 0.0821. The lowest BCUT2D eigenvalue weighted by atomic mass is 10.2. The Morgan fingerprint density at radius 3 is 2.62 bits per heavy atom. The highest BCUT2D eigenvalue weighted by molar-refractivity contribution is 5.91. The van der Waals surface area contributed by atoms with Crippen molar-refractivity contribution in [3.8, 4) is 5.82 Å². The SMILES string of the molecule is CNc1cc(-n2ccc(C(=O)N(C)C)n2)nc(C(C)C)n1. The van der Waals surface area contributed by atoms with Crippen LogP contribution < -0.4 is 5.32 Å². The van der Waals surface area contributed by atoms with Gasteiger partial charge < -0.3 is 10.2 Å². The minimum Gasteiger partial charge on any atom is -0.373 e. The van der Waals surface area contributed by atoms with Crippen LogP contribution in [0.15, 0.2) is 18.3 Å². The molecule has 7 nitrogen and oxygen atoms in total. The number of rotatable bonds is 4. The zero-order chi connectivity index (χ0) is 15.6. The van der Waals surface area contributed by atoms with E-state index in [1.807, 2.05) is 13.8 Å². The lowest BCUT2D eigenvalue weighted by Crippen LogP contribution is -2.22. The average molecular weight is 288 g/mol. The maximum absolute atomic E-state index is 11.9. The molecule has 0 aliphatic heterocycles. The molecule has 2 aromatic rings. The first kappa shape index (κ1) is 15.0. The Balaban J connectivity index is 2.42. The number of nitrogens with zero attached hydrogens (tertiary/aromatic N) is 5. The van der Waals surface area contributed by atoms with Crippen LogP contribution in [-0.2, 0) is 0 Å². The predicted octanol–water partition coefficient (Wildman–Crippen LogP) is 1.53. The fourth-order valence-electron chi connectivity index (χ4n) is 1.75. The van der Waals surface area contributed by atoms with Gasteiger partial charge in [0.25, 0.3) is 5.91 Å². The molecule has 0 radical (unpaired) electrons. The van der Waals surface area contributed by atoms with Gasteiger partial charge in [-0.15, -0.1) is 0 Å². The highest BCUT2D eigenvalue weighted by Crippen LogP contribution is 2.16. The Bertz CT molecular complexity index is 647. The smallest absolute Gasteiger partial charge is 0.273 e. The van der Waals surface area contributed by atoms with Crippen molar-refractivity contribution in [1.29, 1.82) is 0 Å². The molecule has 2 rings (SSSR count). The minimum atomic E-state index is -0.138. The molecule has 0 aliphatic carbocycles. The first-order chi connectivity index (χ1) is 9.92. The summed E-state index contributed by atoms with van der Waals surface area (Å²) < 4.78 is 1.59. The van der Waals surface area contributed by atoms with E-state index in [0.29, 0.717) is 11.5 Å². The molecule has 2 heterocycles. The number of carbonyl (C=O) groups excluding carboxylic acids is 1. The van der Waals surface area contributed by atoms with E-state index in [4.69, 9.17) is 0 Å². The molecule has 0 unspecified atom stereocenters. The number of amides is 1. The molecule has 112 valence electrons. The molecule has 0 saturated carbocycles. The first-order valence-electron chi connectivity index (χ1n) is 6.76. The summed E-state index contributed by atoms with van der Waals surface area (Å²) in [5.74, 6) is 2.15. The maximum Gasteiger partial charge on any atom is 0.273 e. The molecular formula is C14H20N6O. The van der Waals surface area contributed by atoms with E-state index < -0.39 is 0 Å². The fourth-order valence-corrected chi connectivity index (χ4v) is 1.75. The van der Waals surface area contributed by atoms with Crippen molar-refractivity contribution in [2.45, 2.75) is 19.8 Å². The molecule has 0 atom stereocenters. The first-order valence-corrected chi connectivity index (χ1v) is 6.76. The van der Waals surface area contributed by atoms with Crippen molar-refractivity contribution in [2.75, 3.05) is 26.5 Å². The monoisotopic (exact) mass is 288 g/mol. The van der Waals surface area contributed by atoms with Gasteiger partial charge in [0.05, 0.1) is 0 Å². The molecule has 21 heavy (non-hydrogen) atoms. The number of hydrogen-bond acceptors (Lipinski definition) is 5. The number of hydrogen-bond donors (Lipinski definition) is 1. The molecule has 1 N–H and O–H groups in total. The summed E-state index contributed by atoms with van der Waals surface area (Å²) in [5.41, 5.74) is 0.385. The molecule has 0 bridgehead atoms. The second-order valence-corrected chi connectivity index (χ2v) is 5.22. The van der Waals surface area contributed by atoms with Crippen LogP contribution in [0.3, 0.4) is 0 Å². The van der Waals surface area contributed by atoms with Crippen molar-refractivity contribution in [1.82, 2.24) is 24.6 Å². The Kier molecular flexibility index (Phi) is 4.21. The van der Waals surface area contributed by atoms with Crippen molar-refractivity contribution >= 4 is 11.7 Å². The van der Waals surface area contributed by atoms with Gasteiger partial charge in [-0.05, 0) is 6.07 Å². The van der Waals surface area contributed by atoms with E-state index in [0.717, 1.165) is 11.6 Å². The van der Waals surface area contributed by atoms with Crippen molar-refractivity contribution in [3.63, 3.8) is 0 Å². The van der Waals surface area contributed by atoms with Crippen LogP contribution in [0.5, 0.6) is 0 Å². The Labute approximate surface area is 124 Å². The Morgan fingerprint density at radius 2 is 2.05 bits per heavy atom. The second-order valence-electron chi connectivity index (χ2n) is 5.22. The van der Waals surface area contributed by atoms with E-state index >= 15 is 0 Å². The van der Waals surface area contributed by atoms with Gasteiger partial charge in [0.15, 0.2) is 11.5 Å². The van der Waals surface area contributed by atoms with Crippen LogP contribution in [0.1, 0.15) is 36.1 Å². The standard InChI is InChI=1S/C14H20N6O/c1-9(2)13-16-11(15-3)8-12(17-13)20-7-6-10(18-20)14(21)19(4)5/h6-9H,1-5H3,(H,15,16,17). The van der Waals surface area contributed by atoms with E-state index in [1.165, 1.54) is 4.90 Å². The van der Waals surface area contributed by atoms with Gasteiger partial charge in [-0.25, -0.2) is 14.6 Å². The second kappa shape index (κ2) is 5.90. The molecule has 0 aromatic carbocycles. The molecule has 0 aliphatic rings. The third-order valence-electron chi connectivity index (χ3n) is 2.95. The number of aromatic nitrogens is 4. The summed E-state index contributed by atoms with van der Waals surface area (Å²) in [7, 11) is 5.20. The van der Waals surface area contributed by atoms with Gasteiger partial charge in [0, 0.05) is 39.3 Å². The summed E-state index contributed by atoms with van der Waals surface area (Å²) in [6.07, 6.45) is 1.72. The molecule has 7 heteroatoms. The summed E-state index contributed by atoms with van der Waals surface area (Å²) in [5, 5.41) is 7.30. The zero-order valence-electron chi connectivity index (χ0n) is 13.0. The van der Waals surface area contributed by atoms with E-state index in [1.54, 1.807) is 44.2 Å². The van der Waals surface area contributed by atoms with Crippen LogP contribution in [-0.4, -0.2) is 51.7 Å². The average Bonchev–Trinajstić information content (AvgIpc) is 2.95. The third-order valence-corrected chi connectivity index (χ3v) is 2.95. The largest absolute Gasteiger partial charge is 0.373 e. The van der Waals surface area contributed by atoms with Crippen LogP contribution in [0.25, 0.3) is 5.82 Å². The van der Waals surface area contributed by atoms with Gasteiger partial charge in [-0.3, -0.25) is 4.79 Å². The predicted molar refractivity (Wildman–Crippen MR) is 80.8 cm³/mol. The summed E-state index contributed by atoms with van der Waals surface area (Å²) in [4.78, 5) is 22.3. The zero-order valence-corrected chi connectivity index (χ0v) is 13.0. The molecule has 2 aromatic heterocycles. The van der Waals surface area contributed by atoms with Crippen LogP contribution >= 0.6 is 0 Å². The van der Waals surface area contributed by atoms with Crippen LogP contribution in [0.4, 0.5) is 5.82 Å². The lowest BCUT2D eigenvalue weighted by Gasteiger charge is -2.10. The van der Waals surface area contributed by atoms with Crippen molar-refractivity contribution in [3.05, 3.63) is 29.8 Å². The molecular weight excluding hydrogens is 268 g/mol.